The van der Waals surface area contributed by atoms with Crippen LogP contribution in [0.3, 0.4) is 0 Å². The third kappa shape index (κ3) is 3.80. The Morgan fingerprint density at radius 3 is 2.12 bits per heavy atom. The van der Waals surface area contributed by atoms with Gasteiger partial charge in [-0.25, -0.2) is 8.42 Å². The second-order valence-corrected chi connectivity index (χ2v) is 9.25. The van der Waals surface area contributed by atoms with Crippen molar-refractivity contribution in [2.45, 2.75) is 31.6 Å². The van der Waals surface area contributed by atoms with Crippen LogP contribution in [-0.2, 0) is 10.0 Å². The van der Waals surface area contributed by atoms with Crippen molar-refractivity contribution in [1.29, 1.82) is 0 Å². The highest BCUT2D eigenvalue weighted by molar-refractivity contribution is 7.89. The smallest absolute Gasteiger partial charge is 0.253 e. The molecule has 0 bridgehead atoms. The van der Waals surface area contributed by atoms with Crippen LogP contribution < -0.4 is 5.32 Å². The molecule has 0 spiro atoms. The lowest BCUT2D eigenvalue weighted by molar-refractivity contribution is 0.0781. The van der Waals surface area contributed by atoms with E-state index in [0.29, 0.717) is 30.5 Å². The Labute approximate surface area is 156 Å². The zero-order valence-electron chi connectivity index (χ0n) is 15.6. The molecule has 26 heavy (non-hydrogen) atoms. The highest BCUT2D eigenvalue weighted by Gasteiger charge is 2.38. The fraction of sp³-hybridized carbons (Fsp3) is 0.632. The maximum Gasteiger partial charge on any atom is 0.253 e. The molecule has 2 atom stereocenters. The fourth-order valence-electron chi connectivity index (χ4n) is 3.97. The minimum Gasteiger partial charge on any atom is -0.338 e. The van der Waals surface area contributed by atoms with Crippen LogP contribution in [-0.4, -0.2) is 62.8 Å². The number of nitrogens with zero attached hydrogens (tertiary/aromatic N) is 2. The van der Waals surface area contributed by atoms with Gasteiger partial charge in [0, 0.05) is 44.8 Å². The van der Waals surface area contributed by atoms with Gasteiger partial charge in [0.25, 0.3) is 5.91 Å². The highest BCUT2D eigenvalue weighted by Crippen LogP contribution is 2.27. The fourth-order valence-corrected chi connectivity index (χ4v) is 5.60. The molecule has 2 heterocycles. The van der Waals surface area contributed by atoms with Crippen LogP contribution in [0, 0.1) is 11.8 Å². The zero-order valence-corrected chi connectivity index (χ0v) is 16.5. The van der Waals surface area contributed by atoms with Gasteiger partial charge >= 0.3 is 0 Å². The molecule has 3 rings (SSSR count). The largest absolute Gasteiger partial charge is 0.338 e. The molecule has 7 heteroatoms. The molecule has 2 saturated heterocycles. The highest BCUT2D eigenvalue weighted by atomic mass is 32.2. The number of likely N-dealkylation sites (tertiary alicyclic amines) is 1. The number of amides is 1. The van der Waals surface area contributed by atoms with Crippen LogP contribution in [0.4, 0.5) is 0 Å². The number of carbonyl (C=O) groups is 1. The first kappa shape index (κ1) is 19.3. The van der Waals surface area contributed by atoms with Gasteiger partial charge in [-0.15, -0.1) is 0 Å². The summed E-state index contributed by atoms with van der Waals surface area (Å²) in [7, 11) is -3.50. The van der Waals surface area contributed by atoms with E-state index in [0.717, 1.165) is 39.0 Å². The van der Waals surface area contributed by atoms with E-state index in [-0.39, 0.29) is 10.8 Å². The van der Waals surface area contributed by atoms with Crippen LogP contribution in [0.1, 0.15) is 37.0 Å². The first-order valence-corrected chi connectivity index (χ1v) is 11.0. The Bertz CT molecular complexity index is 715. The standard InChI is InChI=1S/C19H29N3O3S/c1-3-9-22(10-4-2)26(24,25)18-7-5-15(6-8-18)19(23)21-13-16-11-20-12-17(16)14-21/h5-8,16-17,20H,3-4,9-14H2,1-2H3/t16-,17+. The summed E-state index contributed by atoms with van der Waals surface area (Å²) >= 11 is 0. The van der Waals surface area contributed by atoms with E-state index in [1.54, 1.807) is 24.3 Å². The topological polar surface area (TPSA) is 69.7 Å². The Morgan fingerprint density at radius 1 is 1.08 bits per heavy atom. The summed E-state index contributed by atoms with van der Waals surface area (Å²) in [6.07, 6.45) is 1.56. The van der Waals surface area contributed by atoms with Crippen molar-refractivity contribution in [2.24, 2.45) is 11.8 Å². The van der Waals surface area contributed by atoms with Crippen molar-refractivity contribution in [3.05, 3.63) is 29.8 Å². The summed E-state index contributed by atoms with van der Waals surface area (Å²) in [5.41, 5.74) is 0.564. The Morgan fingerprint density at radius 2 is 1.62 bits per heavy atom. The van der Waals surface area contributed by atoms with E-state index in [1.165, 1.54) is 4.31 Å². The molecule has 6 nitrogen and oxygen atoms in total. The molecule has 2 fully saturated rings. The van der Waals surface area contributed by atoms with Crippen LogP contribution in [0.2, 0.25) is 0 Å². The predicted molar refractivity (Wildman–Crippen MR) is 102 cm³/mol. The van der Waals surface area contributed by atoms with Crippen molar-refractivity contribution in [1.82, 2.24) is 14.5 Å². The summed E-state index contributed by atoms with van der Waals surface area (Å²) in [5, 5.41) is 3.37. The van der Waals surface area contributed by atoms with Crippen molar-refractivity contribution in [3.8, 4) is 0 Å². The number of rotatable bonds is 7. The van der Waals surface area contributed by atoms with Gasteiger partial charge in [-0.1, -0.05) is 13.8 Å². The van der Waals surface area contributed by atoms with Gasteiger partial charge in [0.1, 0.15) is 0 Å². The van der Waals surface area contributed by atoms with E-state index in [4.69, 9.17) is 0 Å². The summed E-state index contributed by atoms with van der Waals surface area (Å²) in [6.45, 7) is 8.52. The van der Waals surface area contributed by atoms with Crippen LogP contribution in [0.15, 0.2) is 29.2 Å². The molecule has 144 valence electrons. The van der Waals surface area contributed by atoms with Crippen molar-refractivity contribution in [2.75, 3.05) is 39.3 Å². The number of sulfonamides is 1. The Kier molecular flexibility index (Phi) is 5.99. The molecular weight excluding hydrogens is 350 g/mol. The molecular formula is C19H29N3O3S. The maximum atomic E-state index is 12.8. The first-order chi connectivity index (χ1) is 12.5. The molecule has 1 aromatic rings. The van der Waals surface area contributed by atoms with E-state index < -0.39 is 10.0 Å². The van der Waals surface area contributed by atoms with Gasteiger partial charge in [0.05, 0.1) is 4.90 Å². The van der Waals surface area contributed by atoms with Gasteiger partial charge < -0.3 is 10.2 Å². The van der Waals surface area contributed by atoms with Crippen molar-refractivity contribution >= 4 is 15.9 Å². The van der Waals surface area contributed by atoms with Crippen LogP contribution >= 0.6 is 0 Å². The number of hydrogen-bond donors (Lipinski definition) is 1. The number of carbonyl (C=O) groups excluding carboxylic acids is 1. The lowest BCUT2D eigenvalue weighted by Gasteiger charge is -2.21. The van der Waals surface area contributed by atoms with E-state index in [2.05, 4.69) is 5.32 Å². The van der Waals surface area contributed by atoms with Crippen LogP contribution in [0.25, 0.3) is 0 Å². The molecule has 2 aliphatic heterocycles. The lowest BCUT2D eigenvalue weighted by Crippen LogP contribution is -2.33. The number of hydrogen-bond acceptors (Lipinski definition) is 4. The molecule has 0 radical (unpaired) electrons. The molecule has 0 aliphatic carbocycles. The zero-order chi connectivity index (χ0) is 18.7. The van der Waals surface area contributed by atoms with Gasteiger partial charge in [-0.3, -0.25) is 4.79 Å². The molecule has 1 amide bonds. The minimum absolute atomic E-state index is 0.00215. The van der Waals surface area contributed by atoms with E-state index in [1.807, 2.05) is 18.7 Å². The van der Waals surface area contributed by atoms with E-state index >= 15 is 0 Å². The molecule has 1 N–H and O–H groups in total. The van der Waals surface area contributed by atoms with Crippen molar-refractivity contribution < 1.29 is 13.2 Å². The molecule has 2 aliphatic rings. The number of nitrogens with one attached hydrogen (secondary N) is 1. The number of benzene rings is 1. The average Bonchev–Trinajstić information content (AvgIpc) is 3.23. The second-order valence-electron chi connectivity index (χ2n) is 7.32. The summed E-state index contributed by atoms with van der Waals surface area (Å²) in [6, 6.07) is 6.44. The molecule has 0 saturated carbocycles. The van der Waals surface area contributed by atoms with E-state index in [9.17, 15) is 13.2 Å². The molecule has 0 unspecified atom stereocenters. The minimum atomic E-state index is -3.50. The second kappa shape index (κ2) is 8.06. The summed E-state index contributed by atoms with van der Waals surface area (Å²) < 4.78 is 27.1. The third-order valence-corrected chi connectivity index (χ3v) is 7.27. The van der Waals surface area contributed by atoms with Gasteiger partial charge in [-0.05, 0) is 48.9 Å². The summed E-state index contributed by atoms with van der Waals surface area (Å²) in [4.78, 5) is 14.9. The van der Waals surface area contributed by atoms with Gasteiger partial charge in [0.15, 0.2) is 0 Å². The molecule has 0 aromatic heterocycles. The normalized spacial score (nSPS) is 22.8. The number of fused-ring (bicyclic) bond motifs is 1. The first-order valence-electron chi connectivity index (χ1n) is 9.57. The maximum absolute atomic E-state index is 12.8. The SMILES string of the molecule is CCCN(CCC)S(=O)(=O)c1ccc(C(=O)N2C[C@H]3CNC[C@H]3C2)cc1. The summed E-state index contributed by atoms with van der Waals surface area (Å²) in [5.74, 6) is 1.10. The van der Waals surface area contributed by atoms with Gasteiger partial charge in [-0.2, -0.15) is 4.31 Å². The van der Waals surface area contributed by atoms with Crippen LogP contribution in [0.5, 0.6) is 0 Å². The quantitative estimate of drug-likeness (QED) is 0.784. The lowest BCUT2D eigenvalue weighted by atomic mass is 10.0. The molecule has 1 aromatic carbocycles. The van der Waals surface area contributed by atoms with Crippen molar-refractivity contribution in [3.63, 3.8) is 0 Å². The Balaban J connectivity index is 1.72. The monoisotopic (exact) mass is 379 g/mol. The van der Waals surface area contributed by atoms with Gasteiger partial charge in [0.2, 0.25) is 10.0 Å². The Hall–Kier alpha value is -1.44. The third-order valence-electron chi connectivity index (χ3n) is 5.36. The average molecular weight is 380 g/mol. The predicted octanol–water partition coefficient (Wildman–Crippen LogP) is 1.79.